The minimum Gasteiger partial charge on any atom is -0.506 e. The molecule has 100 valence electrons. The molecule has 0 unspecified atom stereocenters. The zero-order valence-electron chi connectivity index (χ0n) is 10.4. The summed E-state index contributed by atoms with van der Waals surface area (Å²) < 4.78 is 0. The molecular formula is C13H20N2O3. The Morgan fingerprint density at radius 1 is 1.22 bits per heavy atom. The van der Waals surface area contributed by atoms with Crippen LogP contribution in [0.5, 0.6) is 5.75 Å². The van der Waals surface area contributed by atoms with Crippen molar-refractivity contribution >= 4 is 11.6 Å². The number of rotatable bonds is 7. The number of aliphatic hydroxyl groups excluding tert-OH is 1. The molecule has 0 heterocycles. The lowest BCUT2D eigenvalue weighted by molar-refractivity contribution is 0.0952. The largest absolute Gasteiger partial charge is 0.506 e. The van der Waals surface area contributed by atoms with Crippen LogP contribution in [0.3, 0.4) is 0 Å². The van der Waals surface area contributed by atoms with Gasteiger partial charge in [-0.2, -0.15) is 0 Å². The maximum atomic E-state index is 11.7. The highest BCUT2D eigenvalue weighted by Crippen LogP contribution is 2.20. The lowest BCUT2D eigenvalue weighted by Crippen LogP contribution is -2.24. The highest BCUT2D eigenvalue weighted by atomic mass is 16.3. The molecule has 0 radical (unpaired) electrons. The number of anilines is 1. The fraction of sp³-hybridized carbons (Fsp3) is 0.462. The van der Waals surface area contributed by atoms with Crippen LogP contribution in [0.1, 0.15) is 36.0 Å². The summed E-state index contributed by atoms with van der Waals surface area (Å²) in [6, 6.07) is 4.44. The smallest absolute Gasteiger partial charge is 0.251 e. The van der Waals surface area contributed by atoms with Crippen LogP contribution in [-0.2, 0) is 0 Å². The summed E-state index contributed by atoms with van der Waals surface area (Å²) in [6.07, 6.45) is 3.63. The molecule has 0 aliphatic rings. The number of aliphatic hydroxyl groups is 1. The zero-order chi connectivity index (χ0) is 13.4. The monoisotopic (exact) mass is 252 g/mol. The van der Waals surface area contributed by atoms with E-state index in [2.05, 4.69) is 5.32 Å². The first-order valence-corrected chi connectivity index (χ1v) is 6.12. The van der Waals surface area contributed by atoms with Crippen LogP contribution < -0.4 is 11.1 Å². The van der Waals surface area contributed by atoms with E-state index >= 15 is 0 Å². The number of unbranched alkanes of at least 4 members (excludes halogenated alkanes) is 3. The number of nitrogen functional groups attached to an aromatic ring is 1. The lowest BCUT2D eigenvalue weighted by Gasteiger charge is -2.06. The van der Waals surface area contributed by atoms with Gasteiger partial charge in [0.25, 0.3) is 5.91 Å². The van der Waals surface area contributed by atoms with Crippen molar-refractivity contribution in [2.75, 3.05) is 18.9 Å². The second-order valence-electron chi connectivity index (χ2n) is 4.17. The van der Waals surface area contributed by atoms with Crippen LogP contribution in [0, 0.1) is 0 Å². The first kappa shape index (κ1) is 14.3. The van der Waals surface area contributed by atoms with E-state index in [9.17, 15) is 9.90 Å². The Labute approximate surface area is 107 Å². The van der Waals surface area contributed by atoms with E-state index in [1.54, 1.807) is 6.07 Å². The van der Waals surface area contributed by atoms with Crippen LogP contribution in [-0.4, -0.2) is 29.3 Å². The van der Waals surface area contributed by atoms with E-state index in [1.165, 1.54) is 12.1 Å². The molecule has 5 N–H and O–H groups in total. The van der Waals surface area contributed by atoms with Crippen LogP contribution in [0.4, 0.5) is 5.69 Å². The maximum absolute atomic E-state index is 11.7. The zero-order valence-corrected chi connectivity index (χ0v) is 10.4. The molecule has 1 aromatic carbocycles. The van der Waals surface area contributed by atoms with Gasteiger partial charge in [-0.3, -0.25) is 4.79 Å². The maximum Gasteiger partial charge on any atom is 0.251 e. The van der Waals surface area contributed by atoms with Crippen LogP contribution in [0.2, 0.25) is 0 Å². The molecule has 5 heteroatoms. The Hall–Kier alpha value is -1.75. The number of phenols is 1. The van der Waals surface area contributed by atoms with E-state index in [0.717, 1.165) is 25.7 Å². The molecule has 0 aliphatic heterocycles. The first-order chi connectivity index (χ1) is 8.65. The predicted octanol–water partition coefficient (Wildman–Crippen LogP) is 1.26. The predicted molar refractivity (Wildman–Crippen MR) is 70.4 cm³/mol. The molecule has 0 saturated heterocycles. The van der Waals surface area contributed by atoms with Gasteiger partial charge >= 0.3 is 0 Å². The van der Waals surface area contributed by atoms with E-state index in [4.69, 9.17) is 10.8 Å². The van der Waals surface area contributed by atoms with Gasteiger partial charge in [-0.15, -0.1) is 0 Å². The molecule has 0 bridgehead atoms. The summed E-state index contributed by atoms with van der Waals surface area (Å²) in [5.41, 5.74) is 6.11. The highest BCUT2D eigenvalue weighted by Gasteiger charge is 2.06. The van der Waals surface area contributed by atoms with Crippen molar-refractivity contribution in [3.63, 3.8) is 0 Å². The van der Waals surface area contributed by atoms with Gasteiger partial charge in [-0.25, -0.2) is 0 Å². The van der Waals surface area contributed by atoms with E-state index in [0.29, 0.717) is 12.1 Å². The van der Waals surface area contributed by atoms with Crippen molar-refractivity contribution in [3.05, 3.63) is 23.8 Å². The highest BCUT2D eigenvalue weighted by molar-refractivity contribution is 5.95. The van der Waals surface area contributed by atoms with E-state index in [1.807, 2.05) is 0 Å². The fourth-order valence-electron chi connectivity index (χ4n) is 1.58. The van der Waals surface area contributed by atoms with Crippen LogP contribution >= 0.6 is 0 Å². The van der Waals surface area contributed by atoms with Crippen LogP contribution in [0.15, 0.2) is 18.2 Å². The second-order valence-corrected chi connectivity index (χ2v) is 4.17. The van der Waals surface area contributed by atoms with Crippen LogP contribution in [0.25, 0.3) is 0 Å². The Bertz CT molecular complexity index is 394. The topological polar surface area (TPSA) is 95.6 Å². The molecule has 0 spiro atoms. The molecule has 0 fully saturated rings. The van der Waals surface area contributed by atoms with Gasteiger partial charge in [0.15, 0.2) is 0 Å². The number of carbonyl (C=O) groups is 1. The third-order valence-corrected chi connectivity index (χ3v) is 2.66. The molecular weight excluding hydrogens is 232 g/mol. The number of phenolic OH excluding ortho intramolecular Hbond substituents is 1. The standard InChI is InChI=1S/C13H20N2O3/c14-11-6-5-10(9-12(11)17)13(18)15-7-3-1-2-4-8-16/h5-6,9,16-17H,1-4,7-8,14H2,(H,15,18). The van der Waals surface area contributed by atoms with E-state index in [-0.39, 0.29) is 24.0 Å². The number of nitrogens with one attached hydrogen (secondary N) is 1. The SMILES string of the molecule is Nc1ccc(C(=O)NCCCCCCO)cc1O. The van der Waals surface area contributed by atoms with Crippen molar-refractivity contribution < 1.29 is 15.0 Å². The molecule has 5 nitrogen and oxygen atoms in total. The number of hydrogen-bond donors (Lipinski definition) is 4. The summed E-state index contributed by atoms with van der Waals surface area (Å²) in [5, 5.41) is 20.8. The number of nitrogens with two attached hydrogens (primary N) is 1. The Morgan fingerprint density at radius 2 is 1.94 bits per heavy atom. The van der Waals surface area contributed by atoms with Gasteiger partial charge in [0.1, 0.15) is 5.75 Å². The minimum absolute atomic E-state index is 0.0782. The summed E-state index contributed by atoms with van der Waals surface area (Å²) in [5.74, 6) is -0.293. The fourth-order valence-corrected chi connectivity index (χ4v) is 1.58. The van der Waals surface area contributed by atoms with E-state index < -0.39 is 0 Å². The molecule has 0 saturated carbocycles. The molecule has 0 atom stereocenters. The van der Waals surface area contributed by atoms with Crippen molar-refractivity contribution in [1.29, 1.82) is 0 Å². The molecule has 1 aromatic rings. The third-order valence-electron chi connectivity index (χ3n) is 2.66. The summed E-state index contributed by atoms with van der Waals surface area (Å²) in [7, 11) is 0. The van der Waals surface area contributed by atoms with Crippen molar-refractivity contribution in [3.8, 4) is 5.75 Å². The van der Waals surface area contributed by atoms with Gasteiger partial charge in [0.2, 0.25) is 0 Å². The second kappa shape index (κ2) is 7.55. The average Bonchev–Trinajstić information content (AvgIpc) is 2.36. The number of amides is 1. The lowest BCUT2D eigenvalue weighted by atomic mass is 10.1. The summed E-state index contributed by atoms with van der Waals surface area (Å²) >= 11 is 0. The molecule has 1 amide bonds. The number of hydrogen-bond acceptors (Lipinski definition) is 4. The molecule has 0 aliphatic carbocycles. The molecule has 1 rings (SSSR count). The number of carbonyl (C=O) groups excluding carboxylic acids is 1. The Kier molecular flexibility index (Phi) is 6.00. The van der Waals surface area contributed by atoms with Gasteiger partial charge in [-0.1, -0.05) is 12.8 Å². The third kappa shape index (κ3) is 4.63. The summed E-state index contributed by atoms with van der Waals surface area (Å²) in [6.45, 7) is 0.812. The molecule has 18 heavy (non-hydrogen) atoms. The average molecular weight is 252 g/mol. The Balaban J connectivity index is 2.30. The Morgan fingerprint density at radius 3 is 2.61 bits per heavy atom. The van der Waals surface area contributed by atoms with Crippen molar-refractivity contribution in [2.45, 2.75) is 25.7 Å². The van der Waals surface area contributed by atoms with Gasteiger partial charge in [-0.05, 0) is 31.0 Å². The van der Waals surface area contributed by atoms with Gasteiger partial charge < -0.3 is 21.3 Å². The van der Waals surface area contributed by atoms with Crippen molar-refractivity contribution in [1.82, 2.24) is 5.32 Å². The summed E-state index contributed by atoms with van der Waals surface area (Å²) in [4.78, 5) is 11.7. The number of benzene rings is 1. The normalized spacial score (nSPS) is 10.3. The minimum atomic E-state index is -0.215. The van der Waals surface area contributed by atoms with Crippen molar-refractivity contribution in [2.24, 2.45) is 0 Å². The number of aromatic hydroxyl groups is 1. The quantitative estimate of drug-likeness (QED) is 0.334. The first-order valence-electron chi connectivity index (χ1n) is 6.12. The van der Waals surface area contributed by atoms with Gasteiger partial charge in [0.05, 0.1) is 5.69 Å². The molecule has 0 aromatic heterocycles. The van der Waals surface area contributed by atoms with Gasteiger partial charge in [0, 0.05) is 18.7 Å².